The maximum Gasteiger partial charge on any atom is 0.317 e. The first-order chi connectivity index (χ1) is 10.0. The van der Waals surface area contributed by atoms with Gasteiger partial charge in [0.1, 0.15) is 5.75 Å². The van der Waals surface area contributed by atoms with Crippen LogP contribution in [0.15, 0.2) is 18.2 Å². The Bertz CT molecular complexity index is 500. The topological polar surface area (TPSA) is 41.6 Å². The minimum atomic E-state index is 0.0459. The number of amides is 2. The summed E-state index contributed by atoms with van der Waals surface area (Å²) in [6.45, 7) is 7.93. The molecule has 0 spiro atoms. The van der Waals surface area contributed by atoms with Crippen molar-refractivity contribution in [3.05, 3.63) is 29.3 Å². The van der Waals surface area contributed by atoms with Gasteiger partial charge in [-0.15, -0.1) is 0 Å². The molecule has 1 aliphatic heterocycles. The average molecular weight is 290 g/mol. The zero-order chi connectivity index (χ0) is 15.4. The summed E-state index contributed by atoms with van der Waals surface area (Å²) in [5.41, 5.74) is 2.51. The first-order valence-electron chi connectivity index (χ1n) is 7.74. The lowest BCUT2D eigenvalue weighted by atomic mass is 9.93. The van der Waals surface area contributed by atoms with Crippen LogP contribution in [-0.2, 0) is 6.42 Å². The molecule has 4 heteroatoms. The van der Waals surface area contributed by atoms with E-state index in [9.17, 15) is 4.79 Å². The van der Waals surface area contributed by atoms with Crippen LogP contribution in [0.4, 0.5) is 4.79 Å². The van der Waals surface area contributed by atoms with Crippen LogP contribution in [0.1, 0.15) is 44.4 Å². The first-order valence-corrected chi connectivity index (χ1v) is 7.74. The van der Waals surface area contributed by atoms with E-state index in [0.717, 1.165) is 31.7 Å². The number of nitrogens with zero attached hydrogens (tertiary/aromatic N) is 1. The molecule has 1 heterocycles. The number of benzene rings is 1. The van der Waals surface area contributed by atoms with Gasteiger partial charge >= 0.3 is 6.03 Å². The van der Waals surface area contributed by atoms with Gasteiger partial charge in [0, 0.05) is 13.1 Å². The van der Waals surface area contributed by atoms with Crippen molar-refractivity contribution in [2.75, 3.05) is 20.2 Å². The van der Waals surface area contributed by atoms with Crippen molar-refractivity contribution in [3.8, 4) is 5.75 Å². The third-order valence-electron chi connectivity index (χ3n) is 4.15. The molecule has 2 rings (SSSR count). The summed E-state index contributed by atoms with van der Waals surface area (Å²) in [4.78, 5) is 14.2. The van der Waals surface area contributed by atoms with Crippen LogP contribution >= 0.6 is 0 Å². The predicted molar refractivity (Wildman–Crippen MR) is 84.7 cm³/mol. The summed E-state index contributed by atoms with van der Waals surface area (Å²) >= 11 is 0. The van der Waals surface area contributed by atoms with Crippen molar-refractivity contribution in [1.82, 2.24) is 10.2 Å². The number of fused-ring (bicyclic) bond motifs is 1. The lowest BCUT2D eigenvalue weighted by Gasteiger charge is -2.35. The zero-order valence-electron chi connectivity index (χ0n) is 13.5. The van der Waals surface area contributed by atoms with Crippen LogP contribution in [0.3, 0.4) is 0 Å². The lowest BCUT2D eigenvalue weighted by Crippen LogP contribution is -2.45. The van der Waals surface area contributed by atoms with E-state index in [1.807, 2.05) is 11.0 Å². The smallest absolute Gasteiger partial charge is 0.317 e. The normalized spacial score (nSPS) is 17.6. The van der Waals surface area contributed by atoms with Gasteiger partial charge in [0.25, 0.3) is 0 Å². The van der Waals surface area contributed by atoms with Crippen LogP contribution in [0.2, 0.25) is 0 Å². The highest BCUT2D eigenvalue weighted by molar-refractivity contribution is 5.75. The molecule has 21 heavy (non-hydrogen) atoms. The van der Waals surface area contributed by atoms with Crippen molar-refractivity contribution >= 4 is 6.03 Å². The van der Waals surface area contributed by atoms with E-state index in [1.54, 1.807) is 7.11 Å². The number of carbonyl (C=O) groups is 1. The van der Waals surface area contributed by atoms with Crippen LogP contribution in [0, 0.1) is 5.92 Å². The second-order valence-corrected chi connectivity index (χ2v) is 6.10. The molecular weight excluding hydrogens is 264 g/mol. The van der Waals surface area contributed by atoms with Crippen molar-refractivity contribution < 1.29 is 9.53 Å². The lowest BCUT2D eigenvalue weighted by molar-refractivity contribution is 0.174. The number of hydrogen-bond acceptors (Lipinski definition) is 2. The molecule has 4 nitrogen and oxygen atoms in total. The molecule has 1 unspecified atom stereocenters. The Labute approximate surface area is 127 Å². The highest BCUT2D eigenvalue weighted by atomic mass is 16.5. The molecule has 1 aliphatic rings. The largest absolute Gasteiger partial charge is 0.497 e. The Morgan fingerprint density at radius 2 is 2.24 bits per heavy atom. The van der Waals surface area contributed by atoms with Gasteiger partial charge in [-0.05, 0) is 48.9 Å². The molecule has 1 atom stereocenters. The molecule has 1 aromatic rings. The highest BCUT2D eigenvalue weighted by Gasteiger charge is 2.27. The van der Waals surface area contributed by atoms with E-state index < -0.39 is 0 Å². The first kappa shape index (κ1) is 15.7. The minimum absolute atomic E-state index is 0.0459. The number of rotatable bonds is 4. The van der Waals surface area contributed by atoms with E-state index in [1.165, 1.54) is 11.1 Å². The molecule has 2 amide bonds. The summed E-state index contributed by atoms with van der Waals surface area (Å²) < 4.78 is 5.27. The van der Waals surface area contributed by atoms with Gasteiger partial charge in [-0.2, -0.15) is 0 Å². The van der Waals surface area contributed by atoms with E-state index >= 15 is 0 Å². The molecule has 1 aromatic carbocycles. The fourth-order valence-corrected chi connectivity index (χ4v) is 2.78. The molecule has 116 valence electrons. The molecular formula is C17H26N2O2. The Balaban J connectivity index is 2.02. The van der Waals surface area contributed by atoms with Gasteiger partial charge in [-0.25, -0.2) is 4.79 Å². The Morgan fingerprint density at radius 1 is 1.48 bits per heavy atom. The van der Waals surface area contributed by atoms with Gasteiger partial charge in [0.15, 0.2) is 0 Å². The highest BCUT2D eigenvalue weighted by Crippen LogP contribution is 2.31. The van der Waals surface area contributed by atoms with Gasteiger partial charge in [-0.3, -0.25) is 0 Å². The van der Waals surface area contributed by atoms with Crippen LogP contribution in [0.5, 0.6) is 5.75 Å². The summed E-state index contributed by atoms with van der Waals surface area (Å²) in [7, 11) is 1.68. The number of urea groups is 1. The number of ether oxygens (including phenoxy) is 1. The summed E-state index contributed by atoms with van der Waals surface area (Å²) in [5, 5.41) is 3.03. The van der Waals surface area contributed by atoms with Crippen molar-refractivity contribution in [2.24, 2.45) is 5.92 Å². The van der Waals surface area contributed by atoms with Gasteiger partial charge < -0.3 is 15.0 Å². The van der Waals surface area contributed by atoms with Gasteiger partial charge in [-0.1, -0.05) is 19.9 Å². The van der Waals surface area contributed by atoms with Gasteiger partial charge in [0.2, 0.25) is 0 Å². The molecule has 0 saturated heterocycles. The van der Waals surface area contributed by atoms with Crippen LogP contribution < -0.4 is 10.1 Å². The molecule has 0 radical (unpaired) electrons. The average Bonchev–Trinajstić information content (AvgIpc) is 2.46. The minimum Gasteiger partial charge on any atom is -0.497 e. The second-order valence-electron chi connectivity index (χ2n) is 6.10. The molecule has 0 aliphatic carbocycles. The van der Waals surface area contributed by atoms with Crippen molar-refractivity contribution in [2.45, 2.75) is 39.7 Å². The van der Waals surface area contributed by atoms with Crippen molar-refractivity contribution in [3.63, 3.8) is 0 Å². The third-order valence-corrected chi connectivity index (χ3v) is 4.15. The zero-order valence-corrected chi connectivity index (χ0v) is 13.5. The second kappa shape index (κ2) is 6.83. The van der Waals surface area contributed by atoms with Crippen LogP contribution in [0.25, 0.3) is 0 Å². The maximum atomic E-state index is 12.3. The molecule has 0 saturated carbocycles. The van der Waals surface area contributed by atoms with Crippen molar-refractivity contribution in [1.29, 1.82) is 0 Å². The van der Waals surface area contributed by atoms with E-state index in [2.05, 4.69) is 38.2 Å². The van der Waals surface area contributed by atoms with Crippen LogP contribution in [-0.4, -0.2) is 31.1 Å². The summed E-state index contributed by atoms with van der Waals surface area (Å²) in [5.74, 6) is 1.49. The quantitative estimate of drug-likeness (QED) is 0.923. The number of hydrogen-bond donors (Lipinski definition) is 1. The SMILES string of the molecule is COc1ccc2c(c1)CCN(C(=O)NCCC(C)C)C2C. The number of methoxy groups -OCH3 is 1. The summed E-state index contributed by atoms with van der Waals surface area (Å²) in [6.07, 6.45) is 1.90. The van der Waals surface area contributed by atoms with E-state index in [-0.39, 0.29) is 12.1 Å². The number of nitrogens with one attached hydrogen (secondary N) is 1. The van der Waals surface area contributed by atoms with E-state index in [4.69, 9.17) is 4.74 Å². The predicted octanol–water partition coefficient (Wildman–Crippen LogP) is 3.37. The fraction of sp³-hybridized carbons (Fsp3) is 0.588. The molecule has 0 aromatic heterocycles. The fourth-order valence-electron chi connectivity index (χ4n) is 2.78. The monoisotopic (exact) mass is 290 g/mol. The van der Waals surface area contributed by atoms with Gasteiger partial charge in [0.05, 0.1) is 13.2 Å². The molecule has 0 fully saturated rings. The maximum absolute atomic E-state index is 12.3. The Kier molecular flexibility index (Phi) is 5.10. The Hall–Kier alpha value is -1.71. The third kappa shape index (κ3) is 3.69. The Morgan fingerprint density at radius 3 is 2.90 bits per heavy atom. The molecule has 1 N–H and O–H groups in total. The van der Waals surface area contributed by atoms with E-state index in [0.29, 0.717) is 5.92 Å². The number of carbonyl (C=O) groups excluding carboxylic acids is 1. The summed E-state index contributed by atoms with van der Waals surface area (Å²) in [6, 6.07) is 6.28. The standard InChI is InChI=1S/C17H26N2O2/c1-12(2)7-9-18-17(20)19-10-8-14-11-15(21-4)5-6-16(14)13(19)3/h5-6,11-13H,7-10H2,1-4H3,(H,18,20). The molecule has 0 bridgehead atoms.